The van der Waals surface area contributed by atoms with Crippen LogP contribution < -0.4 is 5.32 Å². The minimum absolute atomic E-state index is 0. The maximum Gasteiger partial charge on any atom is 0.193 e. The molecule has 0 radical (unpaired) electrons. The van der Waals surface area contributed by atoms with E-state index in [4.69, 9.17) is 9.73 Å². The first-order valence-electron chi connectivity index (χ1n) is 10.9. The van der Waals surface area contributed by atoms with Crippen LogP contribution in [-0.4, -0.2) is 55.4 Å². The Bertz CT molecular complexity index is 569. The molecule has 0 aromatic heterocycles. The molecule has 1 aliphatic rings. The first-order chi connectivity index (χ1) is 13.6. The number of nitrogens with one attached hydrogen (secondary N) is 1. The lowest BCUT2D eigenvalue weighted by atomic mass is 9.94. The highest BCUT2D eigenvalue weighted by atomic mass is 127. The van der Waals surface area contributed by atoms with Gasteiger partial charge in [-0.15, -0.1) is 24.0 Å². The third kappa shape index (κ3) is 10.1. The van der Waals surface area contributed by atoms with Crippen LogP contribution >= 0.6 is 24.0 Å². The van der Waals surface area contributed by atoms with Crippen molar-refractivity contribution < 1.29 is 9.84 Å². The maximum atomic E-state index is 9.34. The largest absolute Gasteiger partial charge is 0.396 e. The van der Waals surface area contributed by atoms with E-state index in [9.17, 15) is 5.11 Å². The molecular weight excluding hydrogens is 477 g/mol. The van der Waals surface area contributed by atoms with Crippen LogP contribution in [0.3, 0.4) is 0 Å². The zero-order valence-corrected chi connectivity index (χ0v) is 20.7. The van der Waals surface area contributed by atoms with Crippen LogP contribution in [0.4, 0.5) is 0 Å². The molecule has 0 saturated carbocycles. The van der Waals surface area contributed by atoms with Gasteiger partial charge in [-0.3, -0.25) is 4.99 Å². The quantitative estimate of drug-likeness (QED) is 0.263. The molecule has 0 amide bonds. The monoisotopic (exact) mass is 517 g/mol. The van der Waals surface area contributed by atoms with Gasteiger partial charge in [0, 0.05) is 38.7 Å². The van der Waals surface area contributed by atoms with Gasteiger partial charge in [-0.2, -0.15) is 0 Å². The fraction of sp³-hybridized carbons (Fsp3) is 0.696. The topological polar surface area (TPSA) is 57.1 Å². The van der Waals surface area contributed by atoms with E-state index in [1.165, 1.54) is 5.56 Å². The molecule has 166 valence electrons. The Morgan fingerprint density at radius 1 is 1.31 bits per heavy atom. The minimum Gasteiger partial charge on any atom is -0.396 e. The molecule has 2 rings (SSSR count). The highest BCUT2D eigenvalue weighted by Crippen LogP contribution is 2.19. The van der Waals surface area contributed by atoms with Crippen LogP contribution in [0.5, 0.6) is 0 Å². The lowest BCUT2D eigenvalue weighted by molar-refractivity contribution is 0.0906. The van der Waals surface area contributed by atoms with Crippen LogP contribution in [0, 0.1) is 17.8 Å². The molecule has 1 fully saturated rings. The second kappa shape index (κ2) is 15.0. The zero-order valence-electron chi connectivity index (χ0n) is 18.3. The highest BCUT2D eigenvalue weighted by molar-refractivity contribution is 14.0. The average molecular weight is 517 g/mol. The van der Waals surface area contributed by atoms with Gasteiger partial charge in [-0.1, -0.05) is 44.2 Å². The summed E-state index contributed by atoms with van der Waals surface area (Å²) in [6.45, 7) is 12.0. The number of ether oxygens (including phenoxy) is 1. The van der Waals surface area contributed by atoms with Crippen molar-refractivity contribution >= 4 is 29.9 Å². The van der Waals surface area contributed by atoms with E-state index >= 15 is 0 Å². The van der Waals surface area contributed by atoms with Gasteiger partial charge in [-0.05, 0) is 43.6 Å². The van der Waals surface area contributed by atoms with Crippen LogP contribution in [0.15, 0.2) is 35.3 Å². The van der Waals surface area contributed by atoms with Gasteiger partial charge >= 0.3 is 0 Å². The summed E-state index contributed by atoms with van der Waals surface area (Å²) in [5.74, 6) is 2.65. The number of likely N-dealkylation sites (tertiary alicyclic amines) is 1. The lowest BCUT2D eigenvalue weighted by Gasteiger charge is -2.23. The fourth-order valence-electron chi connectivity index (χ4n) is 3.85. The van der Waals surface area contributed by atoms with Gasteiger partial charge in [0.2, 0.25) is 0 Å². The summed E-state index contributed by atoms with van der Waals surface area (Å²) in [7, 11) is 0. The maximum absolute atomic E-state index is 9.34. The van der Waals surface area contributed by atoms with E-state index in [-0.39, 0.29) is 30.6 Å². The number of guanidine groups is 1. The average Bonchev–Trinajstić information content (AvgIpc) is 3.14. The van der Waals surface area contributed by atoms with Gasteiger partial charge in [-0.25, -0.2) is 0 Å². The van der Waals surface area contributed by atoms with Gasteiger partial charge in [0.1, 0.15) is 0 Å². The molecule has 2 atom stereocenters. The van der Waals surface area contributed by atoms with Crippen LogP contribution in [0.25, 0.3) is 0 Å². The number of halogens is 1. The smallest absolute Gasteiger partial charge is 0.193 e. The number of rotatable bonds is 11. The summed E-state index contributed by atoms with van der Waals surface area (Å²) >= 11 is 0. The lowest BCUT2D eigenvalue weighted by Crippen LogP contribution is -2.40. The van der Waals surface area contributed by atoms with Crippen molar-refractivity contribution in [1.29, 1.82) is 0 Å². The fourth-order valence-corrected chi connectivity index (χ4v) is 3.85. The van der Waals surface area contributed by atoms with Crippen molar-refractivity contribution in [1.82, 2.24) is 10.2 Å². The molecule has 0 bridgehead atoms. The van der Waals surface area contributed by atoms with Gasteiger partial charge in [0.15, 0.2) is 5.96 Å². The molecular formula is C23H40IN3O2. The number of hydrogen-bond donors (Lipinski definition) is 2. The number of hydrogen-bond acceptors (Lipinski definition) is 3. The number of aliphatic hydroxyl groups is 1. The Morgan fingerprint density at radius 3 is 2.72 bits per heavy atom. The van der Waals surface area contributed by atoms with Crippen LogP contribution in [-0.2, 0) is 11.3 Å². The summed E-state index contributed by atoms with van der Waals surface area (Å²) in [5.41, 5.74) is 1.23. The molecule has 2 unspecified atom stereocenters. The number of benzene rings is 1. The van der Waals surface area contributed by atoms with E-state index in [2.05, 4.69) is 55.3 Å². The van der Waals surface area contributed by atoms with E-state index in [0.717, 1.165) is 58.0 Å². The Labute approximate surface area is 194 Å². The van der Waals surface area contributed by atoms with Crippen LogP contribution in [0.1, 0.15) is 45.6 Å². The van der Waals surface area contributed by atoms with Gasteiger partial charge in [0.05, 0.1) is 13.2 Å². The predicted molar refractivity (Wildman–Crippen MR) is 132 cm³/mol. The predicted octanol–water partition coefficient (Wildman–Crippen LogP) is 4.15. The first-order valence-corrected chi connectivity index (χ1v) is 10.9. The molecule has 1 aromatic carbocycles. The number of aliphatic hydroxyl groups excluding tert-OH is 1. The molecule has 1 aromatic rings. The van der Waals surface area contributed by atoms with Gasteiger partial charge in [0.25, 0.3) is 0 Å². The van der Waals surface area contributed by atoms with E-state index in [1.54, 1.807) is 0 Å². The molecule has 5 nitrogen and oxygen atoms in total. The molecule has 2 N–H and O–H groups in total. The number of aliphatic imine (C=N–C) groups is 1. The Hall–Kier alpha value is -0.860. The molecule has 0 aliphatic carbocycles. The second-order valence-electron chi connectivity index (χ2n) is 8.30. The summed E-state index contributed by atoms with van der Waals surface area (Å²) < 4.78 is 5.95. The first kappa shape index (κ1) is 26.2. The molecule has 6 heteroatoms. The zero-order chi connectivity index (χ0) is 20.2. The van der Waals surface area contributed by atoms with E-state index < -0.39 is 0 Å². The van der Waals surface area contributed by atoms with Crippen molar-refractivity contribution in [2.75, 3.05) is 39.4 Å². The molecule has 0 spiro atoms. The van der Waals surface area contributed by atoms with Crippen molar-refractivity contribution in [3.63, 3.8) is 0 Å². The minimum atomic E-state index is 0. The summed E-state index contributed by atoms with van der Waals surface area (Å²) in [5, 5.41) is 12.8. The molecule has 1 heterocycles. The summed E-state index contributed by atoms with van der Waals surface area (Å²) in [6, 6.07) is 10.4. The Kier molecular flexibility index (Phi) is 13.6. The Morgan fingerprint density at radius 2 is 2.07 bits per heavy atom. The molecule has 29 heavy (non-hydrogen) atoms. The summed E-state index contributed by atoms with van der Waals surface area (Å²) in [6.07, 6.45) is 3.09. The normalized spacial score (nSPS) is 18.0. The number of nitrogens with zero attached hydrogens (tertiary/aromatic N) is 2. The van der Waals surface area contributed by atoms with E-state index in [1.807, 2.05) is 6.07 Å². The third-order valence-corrected chi connectivity index (χ3v) is 5.23. The standard InChI is InChI=1S/C23H39N3O2.HI/c1-4-24-23(25-15-21(11-13-27)14-19(2)3)26-12-10-22(16-26)18-28-17-20-8-6-5-7-9-20;/h5-9,19,21-22,27H,4,10-18H2,1-3H3,(H,24,25);1H. The molecule has 1 aliphatic heterocycles. The van der Waals surface area contributed by atoms with Crippen molar-refractivity contribution in [3.8, 4) is 0 Å². The van der Waals surface area contributed by atoms with Gasteiger partial charge < -0.3 is 20.1 Å². The van der Waals surface area contributed by atoms with Crippen molar-refractivity contribution in [2.45, 2.75) is 46.6 Å². The van der Waals surface area contributed by atoms with E-state index in [0.29, 0.717) is 24.4 Å². The second-order valence-corrected chi connectivity index (χ2v) is 8.30. The third-order valence-electron chi connectivity index (χ3n) is 5.23. The Balaban J connectivity index is 0.00000420. The molecule has 1 saturated heterocycles. The summed E-state index contributed by atoms with van der Waals surface area (Å²) in [4.78, 5) is 7.28. The van der Waals surface area contributed by atoms with Crippen molar-refractivity contribution in [3.05, 3.63) is 35.9 Å². The highest BCUT2D eigenvalue weighted by Gasteiger charge is 2.25. The van der Waals surface area contributed by atoms with Crippen LogP contribution in [0.2, 0.25) is 0 Å². The SMILES string of the molecule is CCNC(=NCC(CCO)CC(C)C)N1CCC(COCc2ccccc2)C1.I. The van der Waals surface area contributed by atoms with Crippen molar-refractivity contribution in [2.24, 2.45) is 22.7 Å².